The highest BCUT2D eigenvalue weighted by Gasteiger charge is 2.28. The van der Waals surface area contributed by atoms with Crippen molar-refractivity contribution in [2.45, 2.75) is 54.8 Å². The van der Waals surface area contributed by atoms with Crippen molar-refractivity contribution >= 4 is 46.5 Å². The van der Waals surface area contributed by atoms with E-state index in [2.05, 4.69) is 30.4 Å². The van der Waals surface area contributed by atoms with Gasteiger partial charge < -0.3 is 14.0 Å². The number of benzene rings is 2. The Morgan fingerprint density at radius 1 is 1.02 bits per heavy atom. The van der Waals surface area contributed by atoms with Crippen molar-refractivity contribution < 1.29 is 18.7 Å². The fraction of sp³-hybridized carbons (Fsp3) is 0.361. The number of ether oxygens (including phenoxy) is 2. The Morgan fingerprint density at radius 2 is 1.87 bits per heavy atom. The molecule has 3 aromatic heterocycles. The van der Waals surface area contributed by atoms with Gasteiger partial charge in [0.05, 0.1) is 36.3 Å². The molecule has 1 aliphatic carbocycles. The van der Waals surface area contributed by atoms with Crippen LogP contribution >= 0.6 is 23.5 Å². The van der Waals surface area contributed by atoms with Crippen molar-refractivity contribution in [2.75, 3.05) is 13.7 Å². The molecule has 0 radical (unpaired) electrons. The number of hydrogen-bond acceptors (Lipinski definition) is 7. The van der Waals surface area contributed by atoms with Gasteiger partial charge in [-0.3, -0.25) is 9.36 Å². The molecule has 0 atom stereocenters. The number of aryl methyl sites for hydroxylation is 6. The third kappa shape index (κ3) is 5.77. The SMILES string of the molecule is COC(=O)c1c2c3ccc(F)c(c3n1C)-c1c(C)nn(C)c1CSCc1cc(n(C)n1)CSc1cc3c(c(c1)OCCC2)C=CCC3. The maximum absolute atomic E-state index is 16.1. The van der Waals surface area contributed by atoms with Crippen LogP contribution in [0.2, 0.25) is 0 Å². The van der Waals surface area contributed by atoms with Crippen LogP contribution in [0.5, 0.6) is 5.75 Å². The van der Waals surface area contributed by atoms with Crippen molar-refractivity contribution in [3.63, 3.8) is 0 Å². The molecule has 0 saturated carbocycles. The van der Waals surface area contributed by atoms with Gasteiger partial charge in [0.2, 0.25) is 0 Å². The second-order valence-electron chi connectivity index (χ2n) is 12.1. The van der Waals surface area contributed by atoms with Gasteiger partial charge in [-0.1, -0.05) is 12.2 Å². The maximum atomic E-state index is 16.1. The zero-order valence-electron chi connectivity index (χ0n) is 27.4. The summed E-state index contributed by atoms with van der Waals surface area (Å²) in [5.41, 5.74) is 9.39. The first-order valence-electron chi connectivity index (χ1n) is 15.8. The molecule has 2 aliphatic rings. The monoisotopic (exact) mass is 671 g/mol. The second-order valence-corrected chi connectivity index (χ2v) is 14.2. The quantitative estimate of drug-likeness (QED) is 0.170. The zero-order chi connectivity index (χ0) is 32.8. The lowest BCUT2D eigenvalue weighted by atomic mass is 9.96. The summed E-state index contributed by atoms with van der Waals surface area (Å²) < 4.78 is 33.4. The molecule has 0 spiro atoms. The number of allylic oxidation sites excluding steroid dienone is 1. The molecule has 5 aromatic rings. The van der Waals surface area contributed by atoms with Crippen LogP contribution in [0, 0.1) is 12.7 Å². The summed E-state index contributed by atoms with van der Waals surface area (Å²) in [6.45, 7) is 2.38. The summed E-state index contributed by atoms with van der Waals surface area (Å²) in [5.74, 6) is 2.20. The Morgan fingerprint density at radius 3 is 2.70 bits per heavy atom. The Kier molecular flexibility index (Phi) is 8.69. The van der Waals surface area contributed by atoms with Crippen LogP contribution < -0.4 is 4.74 Å². The average Bonchev–Trinajstić information content (AvgIpc) is 3.66. The molecule has 2 aromatic carbocycles. The average molecular weight is 672 g/mol. The minimum Gasteiger partial charge on any atom is -0.493 e. The van der Waals surface area contributed by atoms with Crippen LogP contribution in [0.15, 0.2) is 41.3 Å². The molecule has 0 saturated heterocycles. The van der Waals surface area contributed by atoms with Gasteiger partial charge in [-0.2, -0.15) is 10.2 Å². The smallest absolute Gasteiger partial charge is 0.354 e. The predicted molar refractivity (Wildman–Crippen MR) is 187 cm³/mol. The molecule has 244 valence electrons. The number of aromatic nitrogens is 5. The first kappa shape index (κ1) is 31.6. The molecule has 8 nitrogen and oxygen atoms in total. The van der Waals surface area contributed by atoms with Gasteiger partial charge in [-0.25, -0.2) is 9.18 Å². The van der Waals surface area contributed by atoms with E-state index in [1.165, 1.54) is 23.6 Å². The summed E-state index contributed by atoms with van der Waals surface area (Å²) in [5, 5.41) is 10.4. The van der Waals surface area contributed by atoms with E-state index in [1.807, 2.05) is 37.4 Å². The molecule has 7 rings (SSSR count). The molecule has 47 heavy (non-hydrogen) atoms. The van der Waals surface area contributed by atoms with E-state index in [1.54, 1.807) is 34.2 Å². The standard InChI is InChI=1S/C36H38FN5O3S2/c1-21-32-30(42(4)38-21)20-46-18-23-16-24(41(3)39-23)19-47-25-15-22-9-6-7-10-26(22)31(17-25)45-14-8-11-27-28-12-13-29(37)33(32)34(28)40(2)35(27)36(43)44-5/h7,10,12-13,15-17H,6,8-9,11,14,18-20H2,1-5H3. The van der Waals surface area contributed by atoms with Crippen LogP contribution in [0.3, 0.4) is 0 Å². The van der Waals surface area contributed by atoms with Crippen LogP contribution in [0.25, 0.3) is 28.1 Å². The number of methoxy groups -OCH3 is 1. The molecular weight excluding hydrogens is 634 g/mol. The van der Waals surface area contributed by atoms with E-state index in [9.17, 15) is 4.79 Å². The number of nitrogens with zero attached hydrogens (tertiary/aromatic N) is 5. The number of rotatable bonds is 1. The number of carbonyl (C=O) groups excluding carboxylic acids is 1. The van der Waals surface area contributed by atoms with Gasteiger partial charge in [0.25, 0.3) is 0 Å². The van der Waals surface area contributed by atoms with E-state index < -0.39 is 5.97 Å². The molecule has 0 amide bonds. The first-order chi connectivity index (χ1) is 22.7. The van der Waals surface area contributed by atoms with Gasteiger partial charge in [-0.05, 0) is 74.1 Å². The van der Waals surface area contributed by atoms with Gasteiger partial charge in [-0.15, -0.1) is 23.5 Å². The number of hydrogen-bond donors (Lipinski definition) is 0. The number of fused-ring (bicyclic) bond motifs is 8. The second kappa shape index (κ2) is 12.9. The molecule has 0 fully saturated rings. The van der Waals surface area contributed by atoms with Crippen LogP contribution in [-0.4, -0.2) is 43.8 Å². The van der Waals surface area contributed by atoms with Crippen LogP contribution in [0.4, 0.5) is 4.39 Å². The maximum Gasteiger partial charge on any atom is 0.354 e. The van der Waals surface area contributed by atoms with Crippen molar-refractivity contribution in [3.8, 4) is 16.9 Å². The third-order valence-corrected chi connectivity index (χ3v) is 11.2. The lowest BCUT2D eigenvalue weighted by molar-refractivity contribution is 0.0589. The number of carbonyl (C=O) groups is 1. The molecule has 1 aliphatic heterocycles. The van der Waals surface area contributed by atoms with Gasteiger partial charge >= 0.3 is 5.97 Å². The Hall–Kier alpha value is -3.96. The van der Waals surface area contributed by atoms with Gasteiger partial charge in [0.1, 0.15) is 17.3 Å². The normalized spacial score (nSPS) is 15.2. The summed E-state index contributed by atoms with van der Waals surface area (Å²) in [6, 6.07) is 9.91. The lowest BCUT2D eigenvalue weighted by Gasteiger charge is -2.18. The summed E-state index contributed by atoms with van der Waals surface area (Å²) in [7, 11) is 7.10. The highest BCUT2D eigenvalue weighted by Crippen LogP contribution is 2.41. The minimum atomic E-state index is -0.446. The summed E-state index contributed by atoms with van der Waals surface area (Å²) in [6.07, 6.45) is 7.60. The Bertz CT molecular complexity index is 2060. The Labute approximate surface area is 282 Å². The predicted octanol–water partition coefficient (Wildman–Crippen LogP) is 7.56. The highest BCUT2D eigenvalue weighted by atomic mass is 32.2. The number of esters is 1. The molecule has 11 heteroatoms. The van der Waals surface area contributed by atoms with Crippen molar-refractivity contribution in [1.82, 2.24) is 24.1 Å². The Balaban J connectivity index is 1.36. The lowest BCUT2D eigenvalue weighted by Crippen LogP contribution is -2.11. The van der Waals surface area contributed by atoms with Gasteiger partial charge in [0, 0.05) is 71.1 Å². The minimum absolute atomic E-state index is 0.352. The third-order valence-electron chi connectivity index (χ3n) is 9.18. The van der Waals surface area contributed by atoms with Crippen LogP contribution in [0.1, 0.15) is 62.8 Å². The van der Waals surface area contributed by atoms with Crippen molar-refractivity contribution in [3.05, 3.63) is 87.4 Å². The molecule has 0 unspecified atom stereocenters. The van der Waals surface area contributed by atoms with Gasteiger partial charge in [0.15, 0.2) is 0 Å². The van der Waals surface area contributed by atoms with E-state index in [0.717, 1.165) is 69.2 Å². The molecular formula is C36H38FN5O3S2. The van der Waals surface area contributed by atoms with Crippen molar-refractivity contribution in [2.24, 2.45) is 21.1 Å². The zero-order valence-corrected chi connectivity index (χ0v) is 29.0. The molecule has 8 bridgehead atoms. The van der Waals surface area contributed by atoms with E-state index in [-0.39, 0.29) is 5.82 Å². The van der Waals surface area contributed by atoms with Crippen molar-refractivity contribution in [1.29, 1.82) is 0 Å². The topological polar surface area (TPSA) is 76.1 Å². The largest absolute Gasteiger partial charge is 0.493 e. The van der Waals surface area contributed by atoms with Crippen LogP contribution in [-0.2, 0) is 56.0 Å². The molecule has 0 N–H and O–H groups in total. The first-order valence-corrected chi connectivity index (χ1v) is 18.0. The summed E-state index contributed by atoms with van der Waals surface area (Å²) >= 11 is 3.52. The highest BCUT2D eigenvalue weighted by molar-refractivity contribution is 7.98. The van der Waals surface area contributed by atoms with E-state index in [4.69, 9.17) is 19.7 Å². The fourth-order valence-corrected chi connectivity index (χ4v) is 8.94. The number of halogens is 1. The fourth-order valence-electron chi connectivity index (χ4n) is 6.96. The molecule has 4 heterocycles. The number of thioether (sulfide) groups is 2. The summed E-state index contributed by atoms with van der Waals surface area (Å²) in [4.78, 5) is 14.4. The van der Waals surface area contributed by atoms with E-state index in [0.29, 0.717) is 47.7 Å². The van der Waals surface area contributed by atoms with E-state index >= 15 is 4.39 Å².